The molecule has 2 aromatic carbocycles. The first-order chi connectivity index (χ1) is 8.93. The highest BCUT2D eigenvalue weighted by molar-refractivity contribution is 9.10. The van der Waals surface area contributed by atoms with Crippen molar-refractivity contribution in [1.29, 1.82) is 0 Å². The number of halogens is 3. The molecule has 19 heavy (non-hydrogen) atoms. The Morgan fingerprint density at radius 2 is 1.84 bits per heavy atom. The van der Waals surface area contributed by atoms with Crippen molar-refractivity contribution in [2.24, 2.45) is 0 Å². The van der Waals surface area contributed by atoms with Crippen molar-refractivity contribution in [1.82, 2.24) is 0 Å². The Balaban J connectivity index is 2.53. The van der Waals surface area contributed by atoms with E-state index in [9.17, 15) is 9.50 Å². The Bertz CT molecular complexity index is 628. The fourth-order valence-electron chi connectivity index (χ4n) is 1.99. The number of benzene rings is 2. The first-order valence-corrected chi connectivity index (χ1v) is 6.98. The highest BCUT2D eigenvalue weighted by Crippen LogP contribution is 2.34. The summed E-state index contributed by atoms with van der Waals surface area (Å²) in [6.45, 7) is 3.86. The summed E-state index contributed by atoms with van der Waals surface area (Å²) in [5.41, 5.74) is 2.88. The van der Waals surface area contributed by atoms with Gasteiger partial charge in [-0.25, -0.2) is 4.39 Å². The van der Waals surface area contributed by atoms with Crippen molar-refractivity contribution in [2.45, 2.75) is 20.0 Å². The van der Waals surface area contributed by atoms with E-state index in [0.717, 1.165) is 11.1 Å². The van der Waals surface area contributed by atoms with Crippen LogP contribution in [0.5, 0.6) is 0 Å². The van der Waals surface area contributed by atoms with Crippen molar-refractivity contribution in [3.8, 4) is 0 Å². The molecule has 0 heterocycles. The van der Waals surface area contributed by atoms with Crippen molar-refractivity contribution in [3.05, 3.63) is 67.9 Å². The summed E-state index contributed by atoms with van der Waals surface area (Å²) in [5.74, 6) is -0.593. The van der Waals surface area contributed by atoms with E-state index >= 15 is 0 Å². The monoisotopic (exact) mass is 342 g/mol. The zero-order valence-electron chi connectivity index (χ0n) is 10.5. The first kappa shape index (κ1) is 14.5. The largest absolute Gasteiger partial charge is 0.384 e. The third kappa shape index (κ3) is 2.69. The average Bonchev–Trinajstić information content (AvgIpc) is 2.39. The van der Waals surface area contributed by atoms with Gasteiger partial charge in [-0.05, 0) is 52.5 Å². The van der Waals surface area contributed by atoms with Crippen molar-refractivity contribution in [2.75, 3.05) is 0 Å². The second kappa shape index (κ2) is 5.61. The Hall–Kier alpha value is -0.900. The van der Waals surface area contributed by atoms with E-state index in [1.54, 1.807) is 12.1 Å². The quantitative estimate of drug-likeness (QED) is 0.766. The van der Waals surface area contributed by atoms with Gasteiger partial charge in [-0.2, -0.15) is 0 Å². The number of rotatable bonds is 2. The Morgan fingerprint density at radius 1 is 1.16 bits per heavy atom. The lowest BCUT2D eigenvalue weighted by atomic mass is 9.94. The minimum absolute atomic E-state index is 0.0122. The van der Waals surface area contributed by atoms with Crippen LogP contribution < -0.4 is 0 Å². The molecular weight excluding hydrogens is 331 g/mol. The normalized spacial score (nSPS) is 12.5. The Labute approximate surface area is 125 Å². The van der Waals surface area contributed by atoms with Gasteiger partial charge in [-0.15, -0.1) is 0 Å². The van der Waals surface area contributed by atoms with Crippen molar-refractivity contribution >= 4 is 27.5 Å². The van der Waals surface area contributed by atoms with Gasteiger partial charge in [0.25, 0.3) is 0 Å². The van der Waals surface area contributed by atoms with Crippen LogP contribution in [-0.4, -0.2) is 5.11 Å². The first-order valence-electron chi connectivity index (χ1n) is 5.81. The van der Waals surface area contributed by atoms with E-state index in [1.165, 1.54) is 6.07 Å². The van der Waals surface area contributed by atoms with Crippen LogP contribution in [0.25, 0.3) is 0 Å². The molecule has 1 nitrogen and oxygen atoms in total. The summed E-state index contributed by atoms with van der Waals surface area (Å²) in [4.78, 5) is 0. The molecule has 0 aliphatic heterocycles. The summed E-state index contributed by atoms with van der Waals surface area (Å²) in [5, 5.41) is 10.4. The average molecular weight is 344 g/mol. The number of aliphatic hydroxyl groups is 1. The van der Waals surface area contributed by atoms with Crippen LogP contribution in [0.15, 0.2) is 34.8 Å². The third-order valence-corrected chi connectivity index (χ3v) is 4.56. The molecule has 1 atom stereocenters. The molecule has 1 unspecified atom stereocenters. The molecule has 100 valence electrons. The Kier molecular flexibility index (Phi) is 4.29. The molecule has 2 rings (SSSR count). The van der Waals surface area contributed by atoms with E-state index in [-0.39, 0.29) is 10.6 Å². The van der Waals surface area contributed by atoms with Crippen LogP contribution in [0.3, 0.4) is 0 Å². The SMILES string of the molecule is Cc1cccc(C(O)c2ccc(Br)c(Cl)c2F)c1C. The van der Waals surface area contributed by atoms with Gasteiger partial charge in [0.1, 0.15) is 11.9 Å². The van der Waals surface area contributed by atoms with Crippen LogP contribution in [0.1, 0.15) is 28.4 Å². The zero-order chi connectivity index (χ0) is 14.2. The number of aryl methyl sites for hydroxylation is 1. The molecule has 0 amide bonds. The molecule has 0 saturated heterocycles. The maximum Gasteiger partial charge on any atom is 0.149 e. The molecule has 0 saturated carbocycles. The Morgan fingerprint density at radius 3 is 2.53 bits per heavy atom. The van der Waals surface area contributed by atoms with Crippen LogP contribution in [0, 0.1) is 19.7 Å². The molecule has 0 spiro atoms. The highest BCUT2D eigenvalue weighted by Gasteiger charge is 2.20. The molecule has 0 aliphatic carbocycles. The predicted octanol–water partition coefficient (Wildman–Crippen LogP) is 4.94. The molecular formula is C15H13BrClFO. The van der Waals surface area contributed by atoms with E-state index in [4.69, 9.17) is 11.6 Å². The van der Waals surface area contributed by atoms with Crippen LogP contribution in [0.4, 0.5) is 4.39 Å². The number of aliphatic hydroxyl groups excluding tert-OH is 1. The van der Waals surface area contributed by atoms with Crippen LogP contribution in [0.2, 0.25) is 5.02 Å². The van der Waals surface area contributed by atoms with Gasteiger partial charge in [0.05, 0.1) is 5.02 Å². The number of hydrogen-bond donors (Lipinski definition) is 1. The van der Waals surface area contributed by atoms with Gasteiger partial charge in [-0.1, -0.05) is 35.9 Å². The number of hydrogen-bond acceptors (Lipinski definition) is 1. The summed E-state index contributed by atoms with van der Waals surface area (Å²) < 4.78 is 14.6. The smallest absolute Gasteiger partial charge is 0.149 e. The lowest BCUT2D eigenvalue weighted by Gasteiger charge is -2.17. The topological polar surface area (TPSA) is 20.2 Å². The van der Waals surface area contributed by atoms with Crippen LogP contribution in [-0.2, 0) is 0 Å². The van der Waals surface area contributed by atoms with E-state index in [1.807, 2.05) is 26.0 Å². The lowest BCUT2D eigenvalue weighted by molar-refractivity contribution is 0.214. The molecule has 0 radical (unpaired) electrons. The van der Waals surface area contributed by atoms with Gasteiger partial charge < -0.3 is 5.11 Å². The van der Waals surface area contributed by atoms with Gasteiger partial charge in [0.15, 0.2) is 0 Å². The summed E-state index contributed by atoms with van der Waals surface area (Å²) in [6.07, 6.45) is -1.02. The van der Waals surface area contributed by atoms with E-state index in [2.05, 4.69) is 15.9 Å². The minimum atomic E-state index is -1.02. The predicted molar refractivity (Wildman–Crippen MR) is 79.1 cm³/mol. The molecule has 0 bridgehead atoms. The fraction of sp³-hybridized carbons (Fsp3) is 0.200. The highest BCUT2D eigenvalue weighted by atomic mass is 79.9. The van der Waals surface area contributed by atoms with Crippen molar-refractivity contribution < 1.29 is 9.50 Å². The molecule has 4 heteroatoms. The third-order valence-electron chi connectivity index (χ3n) is 3.30. The van der Waals surface area contributed by atoms with Crippen molar-refractivity contribution in [3.63, 3.8) is 0 Å². The zero-order valence-corrected chi connectivity index (χ0v) is 12.9. The molecule has 0 aromatic heterocycles. The molecule has 1 N–H and O–H groups in total. The fourth-order valence-corrected chi connectivity index (χ4v) is 2.47. The van der Waals surface area contributed by atoms with Crippen LogP contribution >= 0.6 is 27.5 Å². The maximum absolute atomic E-state index is 14.1. The summed E-state index contributed by atoms with van der Waals surface area (Å²) in [6, 6.07) is 8.77. The molecule has 0 aliphatic rings. The standard InChI is InChI=1S/C15H13BrClFO/c1-8-4-3-5-10(9(8)2)15(19)11-6-7-12(16)13(17)14(11)18/h3-7,15,19H,1-2H3. The van der Waals surface area contributed by atoms with Gasteiger partial charge in [0.2, 0.25) is 0 Å². The molecule has 2 aromatic rings. The maximum atomic E-state index is 14.1. The minimum Gasteiger partial charge on any atom is -0.384 e. The lowest BCUT2D eigenvalue weighted by Crippen LogP contribution is -2.06. The second-order valence-corrected chi connectivity index (χ2v) is 5.69. The van der Waals surface area contributed by atoms with E-state index in [0.29, 0.717) is 10.0 Å². The summed E-state index contributed by atoms with van der Waals surface area (Å²) in [7, 11) is 0. The molecule has 0 fully saturated rings. The van der Waals surface area contributed by atoms with E-state index < -0.39 is 11.9 Å². The van der Waals surface area contributed by atoms with Gasteiger partial charge in [0, 0.05) is 10.0 Å². The van der Waals surface area contributed by atoms with Gasteiger partial charge in [-0.3, -0.25) is 0 Å². The second-order valence-electron chi connectivity index (χ2n) is 4.46. The summed E-state index contributed by atoms with van der Waals surface area (Å²) >= 11 is 9.01. The van der Waals surface area contributed by atoms with Gasteiger partial charge >= 0.3 is 0 Å².